The molecule has 8 heteroatoms. The first kappa shape index (κ1) is 18.5. The Balaban J connectivity index is 1.70. The third kappa shape index (κ3) is 4.11. The zero-order chi connectivity index (χ0) is 18.7. The minimum Gasteiger partial charge on any atom is -0.461 e. The fourth-order valence-electron chi connectivity index (χ4n) is 2.50. The van der Waals surface area contributed by atoms with E-state index in [9.17, 15) is 4.79 Å². The lowest BCUT2D eigenvalue weighted by Crippen LogP contribution is -2.15. The summed E-state index contributed by atoms with van der Waals surface area (Å²) in [6, 6.07) is 9.15. The van der Waals surface area contributed by atoms with E-state index in [1.165, 1.54) is 11.8 Å². The third-order valence-corrected chi connectivity index (χ3v) is 4.90. The Labute approximate surface area is 160 Å². The maximum Gasteiger partial charge on any atom is 0.234 e. The highest BCUT2D eigenvalue weighted by molar-refractivity contribution is 7.99. The number of carbonyl (C=O) groups excluding carboxylic acids is 1. The summed E-state index contributed by atoms with van der Waals surface area (Å²) in [4.78, 5) is 12.3. The number of anilines is 1. The van der Waals surface area contributed by atoms with Crippen LogP contribution in [0.2, 0.25) is 5.02 Å². The van der Waals surface area contributed by atoms with Crippen LogP contribution in [0.15, 0.2) is 46.2 Å². The molecule has 2 heterocycles. The van der Waals surface area contributed by atoms with E-state index in [0.717, 1.165) is 11.3 Å². The number of halogens is 1. The standard InChI is InChI=1S/C18H19ClN4O2S/c1-11(2)23-17(15-5-4-8-25-15)21-22-18(23)26-10-16(24)20-14-7-6-13(19)9-12(14)3/h4-9,11H,10H2,1-3H3,(H,20,24). The van der Waals surface area contributed by atoms with Gasteiger partial charge in [0.25, 0.3) is 0 Å². The molecule has 3 rings (SSSR count). The van der Waals surface area contributed by atoms with Gasteiger partial charge in [0.2, 0.25) is 11.7 Å². The van der Waals surface area contributed by atoms with E-state index in [1.807, 2.05) is 43.5 Å². The molecule has 0 bridgehead atoms. The fourth-order valence-corrected chi connectivity index (χ4v) is 3.59. The molecule has 0 spiro atoms. The van der Waals surface area contributed by atoms with Crippen molar-refractivity contribution in [2.24, 2.45) is 0 Å². The topological polar surface area (TPSA) is 73.0 Å². The quantitative estimate of drug-likeness (QED) is 0.611. The highest BCUT2D eigenvalue weighted by Crippen LogP contribution is 2.28. The number of aryl methyl sites for hydroxylation is 1. The number of hydrogen-bond acceptors (Lipinski definition) is 5. The van der Waals surface area contributed by atoms with E-state index in [0.29, 0.717) is 21.8 Å². The summed E-state index contributed by atoms with van der Waals surface area (Å²) in [7, 11) is 0. The minimum absolute atomic E-state index is 0.113. The van der Waals surface area contributed by atoms with Crippen LogP contribution >= 0.6 is 23.4 Å². The van der Waals surface area contributed by atoms with Crippen molar-refractivity contribution in [3.63, 3.8) is 0 Å². The van der Waals surface area contributed by atoms with Gasteiger partial charge in [0.1, 0.15) is 0 Å². The lowest BCUT2D eigenvalue weighted by molar-refractivity contribution is -0.113. The van der Waals surface area contributed by atoms with Crippen LogP contribution in [0, 0.1) is 6.92 Å². The Morgan fingerprint density at radius 1 is 1.35 bits per heavy atom. The van der Waals surface area contributed by atoms with E-state index in [4.69, 9.17) is 16.0 Å². The van der Waals surface area contributed by atoms with Gasteiger partial charge in [-0.25, -0.2) is 0 Å². The van der Waals surface area contributed by atoms with Crippen LogP contribution in [-0.2, 0) is 4.79 Å². The van der Waals surface area contributed by atoms with Crippen LogP contribution in [0.4, 0.5) is 5.69 Å². The molecule has 0 aliphatic heterocycles. The molecule has 0 fully saturated rings. The maximum absolute atomic E-state index is 12.3. The number of thioether (sulfide) groups is 1. The Kier molecular flexibility index (Phi) is 5.68. The van der Waals surface area contributed by atoms with Crippen molar-refractivity contribution in [2.45, 2.75) is 32.0 Å². The van der Waals surface area contributed by atoms with E-state index >= 15 is 0 Å². The predicted octanol–water partition coefficient (Wildman–Crippen LogP) is 4.81. The van der Waals surface area contributed by atoms with Gasteiger partial charge in [-0.1, -0.05) is 23.4 Å². The van der Waals surface area contributed by atoms with Gasteiger partial charge >= 0.3 is 0 Å². The summed E-state index contributed by atoms with van der Waals surface area (Å²) in [5.74, 6) is 1.42. The highest BCUT2D eigenvalue weighted by atomic mass is 35.5. The highest BCUT2D eigenvalue weighted by Gasteiger charge is 2.19. The van der Waals surface area contributed by atoms with E-state index in [2.05, 4.69) is 15.5 Å². The fraction of sp³-hybridized carbons (Fsp3) is 0.278. The van der Waals surface area contributed by atoms with Crippen LogP contribution in [0.3, 0.4) is 0 Å². The minimum atomic E-state index is -0.113. The van der Waals surface area contributed by atoms with Crippen LogP contribution in [0.25, 0.3) is 11.6 Å². The second-order valence-corrected chi connectivity index (χ2v) is 7.42. The number of amides is 1. The monoisotopic (exact) mass is 390 g/mol. The Hall–Kier alpha value is -2.25. The Bertz CT molecular complexity index is 906. The van der Waals surface area contributed by atoms with Crippen molar-refractivity contribution in [3.8, 4) is 11.6 Å². The molecule has 1 aromatic carbocycles. The first-order valence-corrected chi connectivity index (χ1v) is 9.49. The largest absolute Gasteiger partial charge is 0.461 e. The molecule has 0 atom stereocenters. The summed E-state index contributed by atoms with van der Waals surface area (Å²) in [5.41, 5.74) is 1.67. The van der Waals surface area contributed by atoms with Gasteiger partial charge < -0.3 is 9.73 Å². The van der Waals surface area contributed by atoms with Crippen LogP contribution in [-0.4, -0.2) is 26.4 Å². The van der Waals surface area contributed by atoms with Crippen molar-refractivity contribution < 1.29 is 9.21 Å². The molecule has 2 aromatic heterocycles. The molecule has 0 aliphatic carbocycles. The van der Waals surface area contributed by atoms with Gasteiger partial charge in [-0.15, -0.1) is 10.2 Å². The molecular formula is C18H19ClN4O2S. The normalized spacial score (nSPS) is 11.1. The first-order valence-electron chi connectivity index (χ1n) is 8.13. The number of rotatable bonds is 6. The number of hydrogen-bond donors (Lipinski definition) is 1. The van der Waals surface area contributed by atoms with E-state index < -0.39 is 0 Å². The summed E-state index contributed by atoms with van der Waals surface area (Å²) < 4.78 is 7.39. The number of carbonyl (C=O) groups is 1. The lowest BCUT2D eigenvalue weighted by atomic mass is 10.2. The number of nitrogens with zero attached hydrogens (tertiary/aromatic N) is 3. The number of furan rings is 1. The molecule has 1 N–H and O–H groups in total. The molecule has 0 unspecified atom stereocenters. The average Bonchev–Trinajstić information content (AvgIpc) is 3.24. The molecule has 0 saturated carbocycles. The summed E-state index contributed by atoms with van der Waals surface area (Å²) in [5, 5.41) is 12.7. The van der Waals surface area contributed by atoms with Crippen LogP contribution in [0.5, 0.6) is 0 Å². The van der Waals surface area contributed by atoms with Crippen LogP contribution < -0.4 is 5.32 Å². The van der Waals surface area contributed by atoms with Crippen LogP contribution in [0.1, 0.15) is 25.5 Å². The average molecular weight is 391 g/mol. The number of aromatic nitrogens is 3. The molecule has 0 radical (unpaired) electrons. The number of nitrogens with one attached hydrogen (secondary N) is 1. The Morgan fingerprint density at radius 2 is 2.15 bits per heavy atom. The Morgan fingerprint density at radius 3 is 2.81 bits per heavy atom. The molecular weight excluding hydrogens is 372 g/mol. The van der Waals surface area contributed by atoms with Gasteiger partial charge in [-0.3, -0.25) is 9.36 Å². The molecule has 3 aromatic rings. The van der Waals surface area contributed by atoms with Gasteiger partial charge in [0.05, 0.1) is 12.0 Å². The van der Waals surface area contributed by atoms with Crippen molar-refractivity contribution in [2.75, 3.05) is 11.1 Å². The molecule has 0 aliphatic rings. The third-order valence-electron chi connectivity index (χ3n) is 3.72. The maximum atomic E-state index is 12.3. The summed E-state index contributed by atoms with van der Waals surface area (Å²) >= 11 is 7.28. The van der Waals surface area contributed by atoms with Gasteiger partial charge in [-0.2, -0.15) is 0 Å². The van der Waals surface area contributed by atoms with Crippen molar-refractivity contribution in [3.05, 3.63) is 47.2 Å². The second-order valence-electron chi connectivity index (χ2n) is 6.04. The molecule has 136 valence electrons. The molecule has 1 amide bonds. The molecule has 6 nitrogen and oxygen atoms in total. The molecule has 26 heavy (non-hydrogen) atoms. The summed E-state index contributed by atoms with van der Waals surface area (Å²) in [6.45, 7) is 5.98. The zero-order valence-electron chi connectivity index (χ0n) is 14.7. The van der Waals surface area contributed by atoms with Gasteiger partial charge in [0.15, 0.2) is 10.9 Å². The van der Waals surface area contributed by atoms with Gasteiger partial charge in [-0.05, 0) is 56.7 Å². The van der Waals surface area contributed by atoms with E-state index in [1.54, 1.807) is 18.4 Å². The smallest absolute Gasteiger partial charge is 0.234 e. The predicted molar refractivity (Wildman–Crippen MR) is 104 cm³/mol. The van der Waals surface area contributed by atoms with Crippen molar-refractivity contribution >= 4 is 35.0 Å². The van der Waals surface area contributed by atoms with Gasteiger partial charge in [0, 0.05) is 16.8 Å². The van der Waals surface area contributed by atoms with Crippen molar-refractivity contribution in [1.29, 1.82) is 0 Å². The molecule has 0 saturated heterocycles. The summed E-state index contributed by atoms with van der Waals surface area (Å²) in [6.07, 6.45) is 1.60. The van der Waals surface area contributed by atoms with E-state index in [-0.39, 0.29) is 17.7 Å². The number of benzene rings is 1. The SMILES string of the molecule is Cc1cc(Cl)ccc1NC(=O)CSc1nnc(-c2ccco2)n1C(C)C. The second kappa shape index (κ2) is 7.97. The zero-order valence-corrected chi connectivity index (χ0v) is 16.3. The first-order chi connectivity index (χ1) is 12.5. The lowest BCUT2D eigenvalue weighted by Gasteiger charge is -2.13. The van der Waals surface area contributed by atoms with Crippen molar-refractivity contribution in [1.82, 2.24) is 14.8 Å².